The molecule has 8 heteroatoms. The molecule has 0 aliphatic heterocycles. The summed E-state index contributed by atoms with van der Waals surface area (Å²) in [6.45, 7) is 4.49. The second kappa shape index (κ2) is 8.39. The number of aromatic amines is 1. The number of benzene rings is 2. The third-order valence-corrected chi connectivity index (χ3v) is 5.55. The lowest BCUT2D eigenvalue weighted by Gasteiger charge is -2.14. The lowest BCUT2D eigenvalue weighted by atomic mass is 10.0. The van der Waals surface area contributed by atoms with Gasteiger partial charge in [-0.05, 0) is 61.8 Å². The van der Waals surface area contributed by atoms with E-state index in [4.69, 9.17) is 12.2 Å². The highest BCUT2D eigenvalue weighted by Gasteiger charge is 2.30. The summed E-state index contributed by atoms with van der Waals surface area (Å²) in [5.41, 5.74) is 1.01. The molecule has 0 bridgehead atoms. The summed E-state index contributed by atoms with van der Waals surface area (Å²) in [6.07, 6.45) is 2.37. The summed E-state index contributed by atoms with van der Waals surface area (Å²) < 4.78 is 2.52. The van der Waals surface area contributed by atoms with Crippen LogP contribution in [0, 0.1) is 10.7 Å². The fourth-order valence-electron chi connectivity index (χ4n) is 3.54. The minimum Gasteiger partial charge on any atom is -0.352 e. The molecule has 1 aliphatic carbocycles. The second-order valence-electron chi connectivity index (χ2n) is 7.92. The molecule has 2 aromatic carbocycles. The van der Waals surface area contributed by atoms with Crippen molar-refractivity contribution in [1.82, 2.24) is 20.1 Å². The summed E-state index contributed by atoms with van der Waals surface area (Å²) in [7, 11) is 0. The van der Waals surface area contributed by atoms with Crippen molar-refractivity contribution in [2.75, 3.05) is 11.9 Å². The van der Waals surface area contributed by atoms with E-state index in [0.717, 1.165) is 29.4 Å². The van der Waals surface area contributed by atoms with Gasteiger partial charge in [-0.1, -0.05) is 24.3 Å². The van der Waals surface area contributed by atoms with Crippen molar-refractivity contribution in [3.63, 3.8) is 0 Å². The Kier molecular flexibility index (Phi) is 5.67. The minimum atomic E-state index is -0.225. The first kappa shape index (κ1) is 20.3. The van der Waals surface area contributed by atoms with Gasteiger partial charge in [-0.25, -0.2) is 0 Å². The van der Waals surface area contributed by atoms with Crippen LogP contribution in [0.4, 0.5) is 5.69 Å². The number of rotatable bonds is 7. The molecule has 156 valence electrons. The van der Waals surface area contributed by atoms with Gasteiger partial charge in [-0.3, -0.25) is 14.7 Å². The van der Waals surface area contributed by atoms with Crippen LogP contribution in [-0.2, 0) is 11.2 Å². The Morgan fingerprint density at radius 1 is 1.23 bits per heavy atom. The van der Waals surface area contributed by atoms with Crippen molar-refractivity contribution in [3.8, 4) is 0 Å². The molecule has 0 radical (unpaired) electrons. The lowest BCUT2D eigenvalue weighted by molar-refractivity contribution is -0.117. The third kappa shape index (κ3) is 4.28. The van der Waals surface area contributed by atoms with Gasteiger partial charge in [0, 0.05) is 24.9 Å². The van der Waals surface area contributed by atoms with E-state index in [1.165, 1.54) is 0 Å². The van der Waals surface area contributed by atoms with Crippen molar-refractivity contribution in [2.45, 2.75) is 39.2 Å². The number of hydrogen-bond acceptors (Lipinski definition) is 4. The molecule has 1 heterocycles. The lowest BCUT2D eigenvalue weighted by Crippen LogP contribution is -2.28. The largest absolute Gasteiger partial charge is 0.352 e. The number of amides is 2. The Labute approximate surface area is 179 Å². The predicted octanol–water partition coefficient (Wildman–Crippen LogP) is 4.00. The van der Waals surface area contributed by atoms with Gasteiger partial charge in [0.25, 0.3) is 5.91 Å². The molecular formula is C22H25N5O2S. The van der Waals surface area contributed by atoms with Crippen LogP contribution < -0.4 is 10.6 Å². The van der Waals surface area contributed by atoms with Gasteiger partial charge in [0.1, 0.15) is 5.82 Å². The van der Waals surface area contributed by atoms with E-state index >= 15 is 0 Å². The van der Waals surface area contributed by atoms with E-state index < -0.39 is 0 Å². The van der Waals surface area contributed by atoms with Gasteiger partial charge < -0.3 is 15.2 Å². The Bertz CT molecular complexity index is 1160. The van der Waals surface area contributed by atoms with Crippen LogP contribution in [-0.4, -0.2) is 33.1 Å². The zero-order valence-electron chi connectivity index (χ0n) is 17.1. The molecular weight excluding hydrogens is 398 g/mol. The van der Waals surface area contributed by atoms with E-state index in [2.05, 4.69) is 20.8 Å². The number of aromatic nitrogens is 3. The summed E-state index contributed by atoms with van der Waals surface area (Å²) >= 11 is 5.27. The number of nitrogens with zero attached hydrogens (tertiary/aromatic N) is 2. The van der Waals surface area contributed by atoms with Crippen LogP contribution in [0.5, 0.6) is 0 Å². The predicted molar refractivity (Wildman–Crippen MR) is 119 cm³/mol. The Morgan fingerprint density at radius 2 is 1.93 bits per heavy atom. The number of carbonyl (C=O) groups excluding carboxylic acids is 2. The maximum absolute atomic E-state index is 13.0. The van der Waals surface area contributed by atoms with Gasteiger partial charge in [-0.15, -0.1) is 0 Å². The van der Waals surface area contributed by atoms with Crippen molar-refractivity contribution in [3.05, 3.63) is 52.6 Å². The van der Waals surface area contributed by atoms with E-state index in [0.29, 0.717) is 29.0 Å². The first-order valence-corrected chi connectivity index (χ1v) is 10.6. The highest BCUT2D eigenvalue weighted by atomic mass is 32.1. The second-order valence-corrected chi connectivity index (χ2v) is 8.31. The first-order chi connectivity index (χ1) is 14.4. The maximum atomic E-state index is 13.0. The molecule has 1 fully saturated rings. The monoisotopic (exact) mass is 423 g/mol. The van der Waals surface area contributed by atoms with Gasteiger partial charge in [-0.2, -0.15) is 5.10 Å². The van der Waals surface area contributed by atoms with Crippen LogP contribution in [0.2, 0.25) is 0 Å². The summed E-state index contributed by atoms with van der Waals surface area (Å²) in [4.78, 5) is 25.3. The fourth-order valence-corrected chi connectivity index (χ4v) is 3.90. The number of nitrogens with one attached hydrogen (secondary N) is 3. The average Bonchev–Trinajstić information content (AvgIpc) is 3.50. The summed E-state index contributed by atoms with van der Waals surface area (Å²) in [5.74, 6) is 0.617. The van der Waals surface area contributed by atoms with Crippen molar-refractivity contribution in [1.29, 1.82) is 0 Å². The van der Waals surface area contributed by atoms with E-state index in [-0.39, 0.29) is 23.8 Å². The van der Waals surface area contributed by atoms with Gasteiger partial charge in [0.05, 0.1) is 11.3 Å². The first-order valence-electron chi connectivity index (χ1n) is 10.2. The van der Waals surface area contributed by atoms with E-state index in [9.17, 15) is 9.59 Å². The molecule has 0 atom stereocenters. The normalized spacial score (nSPS) is 13.6. The molecule has 0 saturated heterocycles. The zero-order valence-corrected chi connectivity index (χ0v) is 17.9. The highest BCUT2D eigenvalue weighted by Crippen LogP contribution is 2.32. The number of fused-ring (bicyclic) bond motifs is 1. The molecule has 1 aromatic heterocycles. The Morgan fingerprint density at radius 3 is 2.60 bits per heavy atom. The fraction of sp³-hybridized carbons (Fsp3) is 0.364. The minimum absolute atomic E-state index is 0.0215. The van der Waals surface area contributed by atoms with Crippen molar-refractivity contribution >= 4 is 40.5 Å². The summed E-state index contributed by atoms with van der Waals surface area (Å²) in [5, 5.41) is 14.9. The van der Waals surface area contributed by atoms with E-state index in [1.807, 2.05) is 54.8 Å². The quantitative estimate of drug-likeness (QED) is 0.501. The molecule has 1 saturated carbocycles. The molecule has 0 unspecified atom stereocenters. The average molecular weight is 424 g/mol. The number of hydrogen-bond donors (Lipinski definition) is 3. The molecule has 1 aliphatic rings. The van der Waals surface area contributed by atoms with Crippen molar-refractivity contribution < 1.29 is 9.59 Å². The van der Waals surface area contributed by atoms with Crippen LogP contribution in [0.25, 0.3) is 10.8 Å². The molecule has 3 N–H and O–H groups in total. The summed E-state index contributed by atoms with van der Waals surface area (Å²) in [6, 6.07) is 11.7. The number of carbonyl (C=O) groups is 2. The Balaban J connectivity index is 1.53. The standard InChI is InChI=1S/C22H25N5O2S/c1-13(2)27-19(25-26-22(27)30)9-10-23-21(29)17-11-15-5-3-4-6-16(15)12-18(17)24-20(28)14-7-8-14/h3-6,11-14H,7-10H2,1-2H3,(H,23,29)(H,24,28)(H,26,30). The topological polar surface area (TPSA) is 91.8 Å². The molecule has 2 amide bonds. The molecule has 0 spiro atoms. The highest BCUT2D eigenvalue weighted by molar-refractivity contribution is 7.71. The number of H-pyrrole nitrogens is 1. The smallest absolute Gasteiger partial charge is 0.253 e. The maximum Gasteiger partial charge on any atom is 0.253 e. The molecule has 30 heavy (non-hydrogen) atoms. The van der Waals surface area contributed by atoms with Gasteiger partial charge >= 0.3 is 0 Å². The molecule has 7 nitrogen and oxygen atoms in total. The van der Waals surface area contributed by atoms with Gasteiger partial charge in [0.2, 0.25) is 5.91 Å². The van der Waals surface area contributed by atoms with Crippen LogP contribution in [0.15, 0.2) is 36.4 Å². The van der Waals surface area contributed by atoms with Gasteiger partial charge in [0.15, 0.2) is 4.77 Å². The zero-order chi connectivity index (χ0) is 21.3. The SMILES string of the molecule is CC(C)n1c(CCNC(=O)c2cc3ccccc3cc2NC(=O)C2CC2)n[nH]c1=S. The number of anilines is 1. The van der Waals surface area contributed by atoms with E-state index in [1.54, 1.807) is 0 Å². The van der Waals surface area contributed by atoms with Crippen molar-refractivity contribution in [2.24, 2.45) is 5.92 Å². The molecule has 4 rings (SSSR count). The van der Waals surface area contributed by atoms with Crippen LogP contribution >= 0.6 is 12.2 Å². The third-order valence-electron chi connectivity index (χ3n) is 5.26. The molecule has 3 aromatic rings. The van der Waals surface area contributed by atoms with Crippen LogP contribution in [0.1, 0.15) is 48.9 Å². The van der Waals surface area contributed by atoms with Crippen LogP contribution in [0.3, 0.4) is 0 Å². The Hall–Kier alpha value is -3.00.